The zero-order valence-corrected chi connectivity index (χ0v) is 36.8. The Hall–Kier alpha value is -2.73. The predicted octanol–water partition coefficient (Wildman–Crippen LogP) is 11.8. The number of rotatable bonds is 12. The number of carboxylic acid groups (broad SMARTS) is 1. The summed E-state index contributed by atoms with van der Waals surface area (Å²) in [7, 11) is 0. The van der Waals surface area contributed by atoms with E-state index in [0.717, 1.165) is 68.1 Å². The van der Waals surface area contributed by atoms with Gasteiger partial charge in [0.1, 0.15) is 11.9 Å². The maximum atomic E-state index is 14.4. The maximum Gasteiger partial charge on any atom is 0.309 e. The summed E-state index contributed by atoms with van der Waals surface area (Å²) >= 11 is 6.36. The predicted molar refractivity (Wildman–Crippen MR) is 223 cm³/mol. The van der Waals surface area contributed by atoms with Crippen LogP contribution in [0.25, 0.3) is 0 Å². The fourth-order valence-corrected chi connectivity index (χ4v) is 14.4. The largest absolute Gasteiger partial charge is 0.481 e. The second kappa shape index (κ2) is 14.8. The minimum atomic E-state index is -1.17. The summed E-state index contributed by atoms with van der Waals surface area (Å²) in [6.45, 7) is 26.0. The average Bonchev–Trinajstić information content (AvgIpc) is 3.39. The number of hydrogen-bond donors (Lipinski definition) is 1. The summed E-state index contributed by atoms with van der Waals surface area (Å²) in [5.74, 6) is 0.307. The van der Waals surface area contributed by atoms with Crippen molar-refractivity contribution in [3.63, 3.8) is 0 Å². The monoisotopic (exact) mass is 788 g/mol. The second-order valence-corrected chi connectivity index (χ2v) is 21.9. The van der Waals surface area contributed by atoms with E-state index in [0.29, 0.717) is 42.5 Å². The number of Topliss-reactive ketones (excluding diaryl/α,β-unsaturated/α-hetero) is 2. The third-order valence-corrected chi connectivity index (χ3v) is 17.3. The fourth-order valence-electron chi connectivity index (χ4n) is 14.2. The number of fused-ring (bicyclic) bond motifs is 7. The van der Waals surface area contributed by atoms with Crippen molar-refractivity contribution in [2.75, 3.05) is 0 Å². The van der Waals surface area contributed by atoms with Crippen LogP contribution in [-0.2, 0) is 30.3 Å². The highest BCUT2D eigenvalue weighted by Crippen LogP contribution is 2.77. The van der Waals surface area contributed by atoms with Crippen molar-refractivity contribution in [1.29, 1.82) is 0 Å². The molecular weight excluding hydrogens is 720 g/mol. The molecule has 0 aromatic heterocycles. The number of carbonyl (C=O) groups excluding carboxylic acids is 3. The minimum absolute atomic E-state index is 0.0120. The summed E-state index contributed by atoms with van der Waals surface area (Å²) in [6.07, 6.45) is 9.94. The number of carbonyl (C=O) groups is 4. The third-order valence-electron chi connectivity index (χ3n) is 17.1. The molecule has 308 valence electrons. The molecule has 56 heavy (non-hydrogen) atoms. The quantitative estimate of drug-likeness (QED) is 0.167. The number of hydrogen-bond acceptors (Lipinski definition) is 5. The first-order chi connectivity index (χ1) is 25.9. The van der Waals surface area contributed by atoms with Crippen LogP contribution in [0.1, 0.15) is 152 Å². The molecule has 9 unspecified atom stereocenters. The van der Waals surface area contributed by atoms with E-state index < -0.39 is 17.4 Å². The minimum Gasteiger partial charge on any atom is -0.481 e. The number of ether oxygens (including phenoxy) is 1. The Bertz CT molecular complexity index is 1820. The molecule has 4 saturated carbocycles. The molecule has 5 aliphatic rings. The number of halogens is 1. The molecule has 4 fully saturated rings. The van der Waals surface area contributed by atoms with Crippen LogP contribution in [0.2, 0.25) is 5.02 Å². The zero-order valence-electron chi connectivity index (χ0n) is 36.0. The second-order valence-electron chi connectivity index (χ2n) is 21.4. The Labute approximate surface area is 342 Å². The van der Waals surface area contributed by atoms with Crippen molar-refractivity contribution < 1.29 is 29.0 Å². The number of esters is 1. The van der Waals surface area contributed by atoms with E-state index in [4.69, 9.17) is 16.3 Å². The Morgan fingerprint density at radius 2 is 1.64 bits per heavy atom. The molecule has 1 aromatic carbocycles. The topological polar surface area (TPSA) is 97.7 Å². The van der Waals surface area contributed by atoms with Crippen LogP contribution >= 0.6 is 11.6 Å². The molecule has 0 aliphatic heterocycles. The van der Waals surface area contributed by atoms with Gasteiger partial charge in [-0.25, -0.2) is 0 Å². The standard InChI is InChI=1S/C49H69ClO6/c1-29(2)41-36(52)27-49(33(25-31(4)51)24-30(3)23-32-13-12-14-34(50)26-32)22-21-47(10)35(42(41)49)15-16-38-46(9)19-18-39(56-40(53)28-44(5,6)43(54)55)45(7,8)37(46)17-20-48(38,47)11/h12-14,26,29,33,35,37-39H,3,15-25,27-28H2,1-2,4-11H3,(H,54,55). The molecule has 7 heteroatoms. The van der Waals surface area contributed by atoms with E-state index in [1.165, 1.54) is 5.57 Å². The van der Waals surface area contributed by atoms with E-state index in [2.05, 4.69) is 61.1 Å². The fraction of sp³-hybridized carbons (Fsp3) is 0.714. The molecule has 6 nitrogen and oxygen atoms in total. The Kier molecular flexibility index (Phi) is 11.3. The molecule has 0 amide bonds. The van der Waals surface area contributed by atoms with Gasteiger partial charge < -0.3 is 14.6 Å². The highest BCUT2D eigenvalue weighted by Gasteiger charge is 2.70. The third kappa shape index (κ3) is 6.98. The van der Waals surface area contributed by atoms with Crippen molar-refractivity contribution in [3.8, 4) is 0 Å². The van der Waals surface area contributed by atoms with Gasteiger partial charge in [-0.05, 0) is 154 Å². The van der Waals surface area contributed by atoms with Crippen LogP contribution in [0.15, 0.2) is 47.6 Å². The SMILES string of the molecule is C=C(Cc1cccc(Cl)c1)CC(CC(C)=O)C12CCC3(C)C(CCC4C5(C)CCC(OC(=O)CC(C)(C)C(=O)O)C(C)(C)C5CCC43C)C1=C(C(C)C)C(=O)C2. The lowest BCUT2D eigenvalue weighted by Gasteiger charge is -2.72. The first kappa shape index (κ1) is 42.9. The highest BCUT2D eigenvalue weighted by atomic mass is 35.5. The average molecular weight is 790 g/mol. The van der Waals surface area contributed by atoms with E-state index in [9.17, 15) is 24.3 Å². The molecule has 9 atom stereocenters. The number of ketones is 2. The van der Waals surface area contributed by atoms with Crippen molar-refractivity contribution in [2.24, 2.45) is 62.1 Å². The first-order valence-electron chi connectivity index (χ1n) is 21.5. The van der Waals surface area contributed by atoms with Gasteiger partial charge in [-0.2, -0.15) is 0 Å². The van der Waals surface area contributed by atoms with Gasteiger partial charge in [0.25, 0.3) is 0 Å². The van der Waals surface area contributed by atoms with Crippen molar-refractivity contribution in [3.05, 3.63) is 58.1 Å². The molecule has 5 aliphatic carbocycles. The van der Waals surface area contributed by atoms with Crippen LogP contribution in [0, 0.1) is 62.1 Å². The van der Waals surface area contributed by atoms with Gasteiger partial charge in [0.05, 0.1) is 11.8 Å². The van der Waals surface area contributed by atoms with Gasteiger partial charge in [-0.3, -0.25) is 14.4 Å². The number of benzene rings is 1. The van der Waals surface area contributed by atoms with Gasteiger partial charge in [0, 0.05) is 28.7 Å². The van der Waals surface area contributed by atoms with Crippen molar-refractivity contribution in [1.82, 2.24) is 0 Å². The molecule has 6 rings (SSSR count). The summed E-state index contributed by atoms with van der Waals surface area (Å²) < 4.78 is 6.20. The Morgan fingerprint density at radius 1 is 0.946 bits per heavy atom. The Balaban J connectivity index is 1.32. The van der Waals surface area contributed by atoms with E-state index in [-0.39, 0.29) is 68.9 Å². The van der Waals surface area contributed by atoms with Crippen LogP contribution < -0.4 is 0 Å². The van der Waals surface area contributed by atoms with Crippen LogP contribution in [-0.4, -0.2) is 34.7 Å². The number of carboxylic acids is 1. The lowest BCUT2D eigenvalue weighted by Crippen LogP contribution is -2.66. The Morgan fingerprint density at radius 3 is 2.27 bits per heavy atom. The van der Waals surface area contributed by atoms with Gasteiger partial charge in [-0.15, -0.1) is 0 Å². The lowest BCUT2D eigenvalue weighted by atomic mass is 9.32. The van der Waals surface area contributed by atoms with E-state index in [1.54, 1.807) is 20.8 Å². The summed E-state index contributed by atoms with van der Waals surface area (Å²) in [5.41, 5.74) is 2.98. The maximum absolute atomic E-state index is 14.4. The first-order valence-corrected chi connectivity index (χ1v) is 21.9. The van der Waals surface area contributed by atoms with Crippen LogP contribution in [0.3, 0.4) is 0 Å². The summed E-state index contributed by atoms with van der Waals surface area (Å²) in [4.78, 5) is 52.5. The molecular formula is C49H69ClO6. The van der Waals surface area contributed by atoms with Crippen LogP contribution in [0.5, 0.6) is 0 Å². The van der Waals surface area contributed by atoms with E-state index in [1.807, 2.05) is 18.2 Å². The molecule has 0 saturated heterocycles. The number of aliphatic carboxylic acids is 1. The van der Waals surface area contributed by atoms with Crippen LogP contribution in [0.4, 0.5) is 0 Å². The van der Waals surface area contributed by atoms with E-state index >= 15 is 0 Å². The summed E-state index contributed by atoms with van der Waals surface area (Å²) in [6, 6.07) is 7.94. The van der Waals surface area contributed by atoms with Gasteiger partial charge in [0.2, 0.25) is 0 Å². The van der Waals surface area contributed by atoms with Gasteiger partial charge in [-0.1, -0.05) is 89.9 Å². The summed E-state index contributed by atoms with van der Waals surface area (Å²) in [5, 5.41) is 10.4. The number of allylic oxidation sites excluding steroid dienone is 3. The normalized spacial score (nSPS) is 35.5. The molecule has 1 N–H and O–H groups in total. The smallest absolute Gasteiger partial charge is 0.309 e. The zero-order chi connectivity index (χ0) is 41.4. The molecule has 0 bridgehead atoms. The molecule has 0 heterocycles. The highest BCUT2D eigenvalue weighted by molar-refractivity contribution is 6.30. The van der Waals surface area contributed by atoms with Gasteiger partial charge >= 0.3 is 11.9 Å². The van der Waals surface area contributed by atoms with Gasteiger partial charge in [0.15, 0.2) is 5.78 Å². The van der Waals surface area contributed by atoms with Crippen molar-refractivity contribution >= 4 is 35.1 Å². The lowest BCUT2D eigenvalue weighted by molar-refractivity contribution is -0.234. The molecule has 0 spiro atoms. The molecule has 0 radical (unpaired) electrons. The van der Waals surface area contributed by atoms with Crippen molar-refractivity contribution in [2.45, 2.75) is 159 Å². The molecule has 1 aromatic rings.